The molecule has 6 heteroatoms. The Balaban J connectivity index is 3.21. The maximum atomic E-state index is 10.4. The van der Waals surface area contributed by atoms with Crippen molar-refractivity contribution in [2.75, 3.05) is 19.3 Å². The van der Waals surface area contributed by atoms with Gasteiger partial charge in [0.25, 0.3) is 0 Å². The molecule has 10 heavy (non-hydrogen) atoms. The molecule has 0 amide bonds. The van der Waals surface area contributed by atoms with E-state index in [2.05, 4.69) is 9.56 Å². The van der Waals surface area contributed by atoms with E-state index < -0.39 is 10.0 Å². The fourth-order valence-electron chi connectivity index (χ4n) is 0.413. The summed E-state index contributed by atoms with van der Waals surface area (Å²) in [6.07, 6.45) is 1.82. The standard InChI is InChI=1S/C4H11ClN2O2S/c1-10(8,9)7-4-2-3-6-5/h6-7H,2-4H2,1H3. The second kappa shape index (κ2) is 4.90. The van der Waals surface area contributed by atoms with Gasteiger partial charge in [-0.3, -0.25) is 0 Å². The van der Waals surface area contributed by atoms with E-state index in [4.69, 9.17) is 11.8 Å². The summed E-state index contributed by atoms with van der Waals surface area (Å²) in [7, 11) is -3.03. The molecule has 0 spiro atoms. The highest BCUT2D eigenvalue weighted by atomic mass is 35.5. The van der Waals surface area contributed by atoms with Gasteiger partial charge in [-0.2, -0.15) is 0 Å². The summed E-state index contributed by atoms with van der Waals surface area (Å²) in [5, 5.41) is 0. The second-order valence-corrected chi connectivity index (χ2v) is 4.00. The van der Waals surface area contributed by atoms with Crippen LogP contribution in [0.25, 0.3) is 0 Å². The van der Waals surface area contributed by atoms with Gasteiger partial charge < -0.3 is 0 Å². The van der Waals surface area contributed by atoms with Crippen LogP contribution in [0, 0.1) is 0 Å². The molecule has 0 unspecified atom stereocenters. The summed E-state index contributed by atoms with van der Waals surface area (Å²) in [5.41, 5.74) is 0. The zero-order chi connectivity index (χ0) is 8.04. The molecular weight excluding hydrogens is 176 g/mol. The lowest BCUT2D eigenvalue weighted by Crippen LogP contribution is -2.24. The van der Waals surface area contributed by atoms with Crippen LogP contribution in [0.2, 0.25) is 0 Å². The summed E-state index contributed by atoms with van der Waals surface area (Å²) < 4.78 is 23.2. The van der Waals surface area contributed by atoms with E-state index in [1.54, 1.807) is 0 Å². The minimum absolute atomic E-state index is 0.429. The maximum Gasteiger partial charge on any atom is 0.208 e. The molecule has 0 aromatic heterocycles. The van der Waals surface area contributed by atoms with Crippen LogP contribution in [0.3, 0.4) is 0 Å². The molecule has 0 aromatic carbocycles. The number of sulfonamides is 1. The molecule has 0 aliphatic rings. The average molecular weight is 187 g/mol. The number of hydrogen-bond acceptors (Lipinski definition) is 3. The molecular formula is C4H11ClN2O2S. The molecule has 0 rings (SSSR count). The summed E-state index contributed by atoms with van der Waals surface area (Å²) in [5.74, 6) is 0. The Hall–Kier alpha value is 0.160. The Kier molecular flexibility index (Phi) is 4.98. The van der Waals surface area contributed by atoms with Crippen molar-refractivity contribution in [1.29, 1.82) is 0 Å². The molecule has 0 atom stereocenters. The highest BCUT2D eigenvalue weighted by molar-refractivity contribution is 7.88. The van der Waals surface area contributed by atoms with Crippen molar-refractivity contribution in [3.8, 4) is 0 Å². The number of hydrogen-bond donors (Lipinski definition) is 2. The average Bonchev–Trinajstić information content (AvgIpc) is 1.78. The van der Waals surface area contributed by atoms with E-state index >= 15 is 0 Å². The Morgan fingerprint density at radius 2 is 2.00 bits per heavy atom. The molecule has 0 fully saturated rings. The number of halogens is 1. The third-order valence-corrected chi connectivity index (χ3v) is 1.73. The fraction of sp³-hybridized carbons (Fsp3) is 1.00. The highest BCUT2D eigenvalue weighted by Gasteiger charge is 1.96. The maximum absolute atomic E-state index is 10.4. The molecule has 62 valence electrons. The first-order chi connectivity index (χ1) is 4.56. The van der Waals surface area contributed by atoms with Gasteiger partial charge in [-0.1, -0.05) is 0 Å². The van der Waals surface area contributed by atoms with E-state index in [0.29, 0.717) is 19.5 Å². The van der Waals surface area contributed by atoms with Crippen molar-refractivity contribution in [3.63, 3.8) is 0 Å². The predicted molar refractivity (Wildman–Crippen MR) is 41.3 cm³/mol. The minimum atomic E-state index is -3.03. The zero-order valence-corrected chi connectivity index (χ0v) is 7.30. The molecule has 2 N–H and O–H groups in total. The summed E-state index contributed by atoms with van der Waals surface area (Å²) >= 11 is 5.12. The van der Waals surface area contributed by atoms with Gasteiger partial charge in [-0.25, -0.2) is 18.0 Å². The van der Waals surface area contributed by atoms with Crippen LogP contribution in [-0.2, 0) is 10.0 Å². The van der Waals surface area contributed by atoms with E-state index in [0.717, 1.165) is 6.26 Å². The van der Waals surface area contributed by atoms with E-state index in [1.807, 2.05) is 0 Å². The van der Waals surface area contributed by atoms with Crippen molar-refractivity contribution in [1.82, 2.24) is 9.56 Å². The zero-order valence-electron chi connectivity index (χ0n) is 5.72. The molecule has 4 nitrogen and oxygen atoms in total. The van der Waals surface area contributed by atoms with Crippen LogP contribution in [-0.4, -0.2) is 27.8 Å². The Morgan fingerprint density at radius 1 is 1.40 bits per heavy atom. The smallest absolute Gasteiger partial charge is 0.208 e. The third-order valence-electron chi connectivity index (χ3n) is 0.812. The van der Waals surface area contributed by atoms with Crippen molar-refractivity contribution in [2.45, 2.75) is 6.42 Å². The molecule has 0 heterocycles. The molecule has 0 aliphatic heterocycles. The van der Waals surface area contributed by atoms with Crippen molar-refractivity contribution < 1.29 is 8.42 Å². The van der Waals surface area contributed by atoms with Gasteiger partial charge in [0.1, 0.15) is 0 Å². The van der Waals surface area contributed by atoms with Gasteiger partial charge in [-0.15, -0.1) is 0 Å². The van der Waals surface area contributed by atoms with Gasteiger partial charge >= 0.3 is 0 Å². The van der Waals surface area contributed by atoms with Crippen molar-refractivity contribution >= 4 is 21.8 Å². The van der Waals surface area contributed by atoms with Gasteiger partial charge in [0.2, 0.25) is 10.0 Å². The monoisotopic (exact) mass is 186 g/mol. The number of rotatable bonds is 5. The van der Waals surface area contributed by atoms with Crippen LogP contribution in [0.4, 0.5) is 0 Å². The molecule has 0 bridgehead atoms. The normalized spacial score (nSPS) is 11.8. The Morgan fingerprint density at radius 3 is 2.40 bits per heavy atom. The molecule has 0 radical (unpaired) electrons. The lowest BCUT2D eigenvalue weighted by molar-refractivity contribution is 0.585. The van der Waals surface area contributed by atoms with E-state index in [1.165, 1.54) is 0 Å². The van der Waals surface area contributed by atoms with E-state index in [-0.39, 0.29) is 0 Å². The van der Waals surface area contributed by atoms with Crippen molar-refractivity contribution in [3.05, 3.63) is 0 Å². The van der Waals surface area contributed by atoms with Gasteiger partial charge in [0.05, 0.1) is 6.26 Å². The lowest BCUT2D eigenvalue weighted by atomic mass is 10.4. The largest absolute Gasteiger partial charge is 0.233 e. The summed E-state index contributed by atoms with van der Waals surface area (Å²) in [6.45, 7) is 1.03. The first-order valence-corrected chi connectivity index (χ1v) is 5.11. The SMILES string of the molecule is CS(=O)(=O)NCCCNCl. The van der Waals surface area contributed by atoms with E-state index in [9.17, 15) is 8.42 Å². The van der Waals surface area contributed by atoms with Crippen LogP contribution in [0.15, 0.2) is 0 Å². The first-order valence-electron chi connectivity index (χ1n) is 2.84. The van der Waals surface area contributed by atoms with Crippen LogP contribution in [0.1, 0.15) is 6.42 Å². The van der Waals surface area contributed by atoms with Gasteiger partial charge in [0, 0.05) is 13.1 Å². The second-order valence-electron chi connectivity index (χ2n) is 1.90. The first kappa shape index (κ1) is 10.2. The molecule has 0 aliphatic carbocycles. The van der Waals surface area contributed by atoms with Crippen molar-refractivity contribution in [2.24, 2.45) is 0 Å². The minimum Gasteiger partial charge on any atom is -0.233 e. The quantitative estimate of drug-likeness (QED) is 0.457. The molecule has 0 aromatic rings. The predicted octanol–water partition coefficient (Wildman–Crippen LogP) is -0.331. The Bertz CT molecular complexity index is 168. The number of nitrogens with one attached hydrogen (secondary N) is 2. The summed E-state index contributed by atoms with van der Waals surface area (Å²) in [6, 6.07) is 0. The van der Waals surface area contributed by atoms with Gasteiger partial charge in [-0.05, 0) is 18.2 Å². The topological polar surface area (TPSA) is 58.2 Å². The van der Waals surface area contributed by atoms with Crippen LogP contribution >= 0.6 is 11.8 Å². The Labute approximate surface area is 66.1 Å². The molecule has 0 saturated carbocycles. The molecule has 0 saturated heterocycles. The lowest BCUT2D eigenvalue weighted by Gasteiger charge is -1.99. The van der Waals surface area contributed by atoms with Crippen LogP contribution in [0.5, 0.6) is 0 Å². The third kappa shape index (κ3) is 8.16. The highest BCUT2D eigenvalue weighted by Crippen LogP contribution is 1.77. The fourth-order valence-corrected chi connectivity index (χ4v) is 1.06. The summed E-state index contributed by atoms with van der Waals surface area (Å²) in [4.78, 5) is 2.39. The van der Waals surface area contributed by atoms with Crippen LogP contribution < -0.4 is 9.56 Å². The van der Waals surface area contributed by atoms with Gasteiger partial charge in [0.15, 0.2) is 0 Å².